The van der Waals surface area contributed by atoms with Crippen molar-refractivity contribution in [2.75, 3.05) is 19.6 Å². The van der Waals surface area contributed by atoms with Crippen LogP contribution in [0.5, 0.6) is 0 Å². The van der Waals surface area contributed by atoms with E-state index in [9.17, 15) is 19.2 Å². The van der Waals surface area contributed by atoms with Crippen LogP contribution in [0.2, 0.25) is 0 Å². The first-order valence-electron chi connectivity index (χ1n) is 26.5. The zero-order valence-corrected chi connectivity index (χ0v) is 41.1. The molecule has 0 aromatic heterocycles. The van der Waals surface area contributed by atoms with Crippen LogP contribution < -0.4 is 21.3 Å². The quantitative estimate of drug-likeness (QED) is 0.0386. The third-order valence-electron chi connectivity index (χ3n) is 12.7. The first kappa shape index (κ1) is 57.7. The summed E-state index contributed by atoms with van der Waals surface area (Å²) in [6.07, 6.45) is 44.1. The summed E-state index contributed by atoms with van der Waals surface area (Å²) in [4.78, 5) is 53.8. The van der Waals surface area contributed by atoms with Gasteiger partial charge in [-0.15, -0.1) is 6.42 Å². The van der Waals surface area contributed by atoms with Gasteiger partial charge in [-0.1, -0.05) is 200 Å². The molecular weight excluding hydrogens is 781 g/mol. The summed E-state index contributed by atoms with van der Waals surface area (Å²) in [5, 5.41) is 12.6. The number of unbranched alkanes of at least 4 members (excludes halogenated alkanes) is 27. The van der Waals surface area contributed by atoms with E-state index in [1.165, 1.54) is 154 Å². The molecule has 0 bridgehead atoms. The molecular formula is C55H96N4O4. The van der Waals surface area contributed by atoms with Crippen molar-refractivity contribution in [2.24, 2.45) is 0 Å². The van der Waals surface area contributed by atoms with Crippen molar-refractivity contribution in [1.29, 1.82) is 0 Å². The molecule has 0 aliphatic carbocycles. The molecule has 0 saturated heterocycles. The Kier molecular flexibility index (Phi) is 37.9. The van der Waals surface area contributed by atoms with E-state index in [2.05, 4.69) is 48.0 Å². The van der Waals surface area contributed by atoms with Crippen molar-refractivity contribution in [3.8, 4) is 12.3 Å². The van der Waals surface area contributed by atoms with E-state index in [-0.39, 0.29) is 42.9 Å². The minimum Gasteiger partial charge on any atom is -0.356 e. The predicted octanol–water partition coefficient (Wildman–Crippen LogP) is 13.6. The second-order valence-electron chi connectivity index (χ2n) is 18.6. The summed E-state index contributed by atoms with van der Waals surface area (Å²) < 4.78 is 0. The highest BCUT2D eigenvalue weighted by Crippen LogP contribution is 2.27. The van der Waals surface area contributed by atoms with Gasteiger partial charge in [0.15, 0.2) is 0 Å². The maximum Gasteiger partial charge on any atom is 0.251 e. The smallest absolute Gasteiger partial charge is 0.251 e. The number of nitrogens with one attached hydrogen (secondary N) is 4. The Morgan fingerprint density at radius 2 is 0.698 bits per heavy atom. The predicted molar refractivity (Wildman–Crippen MR) is 267 cm³/mol. The zero-order chi connectivity index (χ0) is 45.9. The monoisotopic (exact) mass is 877 g/mol. The molecule has 0 spiro atoms. The molecule has 0 unspecified atom stereocenters. The molecule has 0 fully saturated rings. The first-order chi connectivity index (χ1) is 30.8. The highest BCUT2D eigenvalue weighted by atomic mass is 16.2. The van der Waals surface area contributed by atoms with Gasteiger partial charge in [-0.3, -0.25) is 19.2 Å². The van der Waals surface area contributed by atoms with E-state index in [0.29, 0.717) is 50.0 Å². The summed E-state index contributed by atoms with van der Waals surface area (Å²) in [5.74, 6) is 2.08. The van der Waals surface area contributed by atoms with Gasteiger partial charge < -0.3 is 21.3 Å². The largest absolute Gasteiger partial charge is 0.356 e. The van der Waals surface area contributed by atoms with Gasteiger partial charge in [0.1, 0.15) is 0 Å². The Morgan fingerprint density at radius 3 is 0.968 bits per heavy atom. The molecule has 0 radical (unpaired) electrons. The van der Waals surface area contributed by atoms with E-state index in [1.54, 1.807) is 24.3 Å². The van der Waals surface area contributed by atoms with Crippen molar-refractivity contribution in [3.63, 3.8) is 0 Å². The van der Waals surface area contributed by atoms with Crippen molar-refractivity contribution in [1.82, 2.24) is 21.3 Å². The number of hydrogen-bond acceptors (Lipinski definition) is 4. The molecule has 1 aromatic rings. The van der Waals surface area contributed by atoms with Crippen LogP contribution in [0.4, 0.5) is 0 Å². The third-order valence-corrected chi connectivity index (χ3v) is 12.7. The lowest BCUT2D eigenvalue weighted by atomic mass is 9.82. The van der Waals surface area contributed by atoms with Crippen LogP contribution in [-0.4, -0.2) is 48.8 Å². The molecule has 0 atom stereocenters. The number of amides is 4. The van der Waals surface area contributed by atoms with Gasteiger partial charge in [0.05, 0.1) is 0 Å². The molecule has 4 N–H and O–H groups in total. The second-order valence-corrected chi connectivity index (χ2v) is 18.6. The highest BCUT2D eigenvalue weighted by molar-refractivity contribution is 5.95. The van der Waals surface area contributed by atoms with Crippen LogP contribution in [0.3, 0.4) is 0 Å². The molecule has 1 rings (SSSR count). The molecule has 63 heavy (non-hydrogen) atoms. The van der Waals surface area contributed by atoms with Crippen LogP contribution >= 0.6 is 0 Å². The fraction of sp³-hybridized carbons (Fsp3) is 0.782. The van der Waals surface area contributed by atoms with E-state index in [4.69, 9.17) is 6.42 Å². The average Bonchev–Trinajstić information content (AvgIpc) is 3.29. The van der Waals surface area contributed by atoms with Gasteiger partial charge in [0.2, 0.25) is 17.7 Å². The van der Waals surface area contributed by atoms with Crippen molar-refractivity contribution in [3.05, 3.63) is 35.4 Å². The molecule has 360 valence electrons. The summed E-state index contributed by atoms with van der Waals surface area (Å²) in [5.41, 5.74) is 0.175. The number of hydrogen-bond donors (Lipinski definition) is 4. The number of terminal acetylenes is 1. The zero-order valence-electron chi connectivity index (χ0n) is 41.1. The van der Waals surface area contributed by atoms with Crippen molar-refractivity contribution in [2.45, 2.75) is 257 Å². The number of carbonyl (C=O) groups is 4. The average molecular weight is 877 g/mol. The Labute approximate surface area is 387 Å². The lowest BCUT2D eigenvalue weighted by molar-refractivity contribution is -0.121. The lowest BCUT2D eigenvalue weighted by Crippen LogP contribution is -2.50. The Hall–Kier alpha value is -3.34. The number of rotatable bonds is 44. The Bertz CT molecular complexity index is 1220. The lowest BCUT2D eigenvalue weighted by Gasteiger charge is -2.35. The normalized spacial score (nSPS) is 11.3. The fourth-order valence-electron chi connectivity index (χ4n) is 8.44. The van der Waals surface area contributed by atoms with Gasteiger partial charge in [-0.25, -0.2) is 0 Å². The van der Waals surface area contributed by atoms with Gasteiger partial charge in [0, 0.05) is 55.6 Å². The van der Waals surface area contributed by atoms with Crippen LogP contribution in [0.1, 0.15) is 268 Å². The van der Waals surface area contributed by atoms with Crippen molar-refractivity contribution < 1.29 is 19.2 Å². The van der Waals surface area contributed by atoms with Gasteiger partial charge in [0.25, 0.3) is 5.91 Å². The summed E-state index contributed by atoms with van der Waals surface area (Å²) in [6, 6.07) is 6.87. The Morgan fingerprint density at radius 1 is 0.429 bits per heavy atom. The summed E-state index contributed by atoms with van der Waals surface area (Å²) in [6.45, 7) is 8.62. The standard InChI is InChI=1S/C55H96N4O4/c1-5-9-12-15-18-21-24-27-30-33-46-56-51(60)40-43-55(59-54(63)50-38-36-49(8-4)37-39-50,44-41-52(61)57-47-34-31-28-25-22-19-16-13-10-6-2)45-42-53(62)58-48-35-32-29-26-23-20-17-14-11-7-3/h4,36-39H,5-7,9-35,40-48H2,1-3H3,(H,56,60)(H,57,61)(H,58,62)(H,59,63). The highest BCUT2D eigenvalue weighted by Gasteiger charge is 2.34. The second kappa shape index (κ2) is 41.4. The van der Waals surface area contributed by atoms with Crippen molar-refractivity contribution >= 4 is 23.6 Å². The molecule has 4 amide bonds. The topological polar surface area (TPSA) is 116 Å². The minimum absolute atomic E-state index is 0.0706. The van der Waals surface area contributed by atoms with Crippen LogP contribution in [0.25, 0.3) is 0 Å². The number of benzene rings is 1. The first-order valence-corrected chi connectivity index (χ1v) is 26.5. The fourth-order valence-corrected chi connectivity index (χ4v) is 8.44. The minimum atomic E-state index is -0.945. The third kappa shape index (κ3) is 33.8. The maximum absolute atomic E-state index is 13.9. The molecule has 0 heterocycles. The Balaban J connectivity index is 2.87. The SMILES string of the molecule is C#Cc1ccc(C(=O)NC(CCC(=O)NCCCCCCCCCCCC)(CCC(=O)NCCCCCCCCCCCC)CCC(=O)NCCCCCCCCCCCC)cc1. The molecule has 8 heteroatoms. The molecule has 8 nitrogen and oxygen atoms in total. The summed E-state index contributed by atoms with van der Waals surface area (Å²) in [7, 11) is 0. The van der Waals surface area contributed by atoms with E-state index in [0.717, 1.165) is 38.5 Å². The van der Waals surface area contributed by atoms with Gasteiger partial charge in [-0.05, 0) is 62.8 Å². The van der Waals surface area contributed by atoms with E-state index < -0.39 is 5.54 Å². The van der Waals surface area contributed by atoms with Crippen LogP contribution in [-0.2, 0) is 14.4 Å². The molecule has 1 aromatic carbocycles. The molecule has 0 saturated carbocycles. The van der Waals surface area contributed by atoms with Gasteiger partial charge >= 0.3 is 0 Å². The maximum atomic E-state index is 13.9. The summed E-state index contributed by atoms with van der Waals surface area (Å²) >= 11 is 0. The van der Waals surface area contributed by atoms with Crippen LogP contribution in [0.15, 0.2) is 24.3 Å². The molecule has 0 aliphatic rings. The van der Waals surface area contributed by atoms with Gasteiger partial charge in [-0.2, -0.15) is 0 Å². The van der Waals surface area contributed by atoms with Crippen LogP contribution in [0, 0.1) is 12.3 Å². The number of carbonyl (C=O) groups excluding carboxylic acids is 4. The molecule has 0 aliphatic heterocycles. The van der Waals surface area contributed by atoms with E-state index in [1.807, 2.05) is 0 Å². The van der Waals surface area contributed by atoms with E-state index >= 15 is 0 Å².